The van der Waals surface area contributed by atoms with E-state index in [4.69, 9.17) is 46.4 Å². The lowest BCUT2D eigenvalue weighted by molar-refractivity contribution is 0.105. The molecule has 0 heterocycles. The van der Waals surface area contributed by atoms with E-state index in [1.165, 1.54) is 0 Å². The molecule has 1 aromatic carbocycles. The molecule has 0 bridgehead atoms. The number of halogens is 4. The largest absolute Gasteiger partial charge is 0.276 e. The number of rotatable bonds is 3. The van der Waals surface area contributed by atoms with Crippen molar-refractivity contribution in [1.82, 2.24) is 0 Å². The van der Waals surface area contributed by atoms with Crippen molar-refractivity contribution >= 4 is 62.1 Å². The van der Waals surface area contributed by atoms with Crippen LogP contribution in [0.15, 0.2) is 12.1 Å². The summed E-state index contributed by atoms with van der Waals surface area (Å²) < 4.78 is 0. The van der Waals surface area contributed by atoms with Crippen molar-refractivity contribution in [2.45, 2.75) is 0 Å². The summed E-state index contributed by atoms with van der Waals surface area (Å²) in [5, 5.41) is -2.88. The zero-order valence-corrected chi connectivity index (χ0v) is 10.4. The Labute approximate surface area is 110 Å². The number of benzene rings is 1. The van der Waals surface area contributed by atoms with E-state index in [2.05, 4.69) is 0 Å². The molecule has 0 aliphatic rings. The van der Waals surface area contributed by atoms with E-state index in [0.717, 1.165) is 12.1 Å². The molecule has 84 valence electrons. The van der Waals surface area contributed by atoms with E-state index in [-0.39, 0.29) is 21.7 Å². The number of carbonyl (C=O) groups excluding carboxylic acids is 3. The van der Waals surface area contributed by atoms with Gasteiger partial charge in [-0.2, -0.15) is 0 Å². The predicted octanol–water partition coefficient (Wildman–Crippen LogP) is 3.48. The fourth-order valence-corrected chi connectivity index (χ4v) is 1.89. The molecule has 0 spiro atoms. The Kier molecular flexibility index (Phi) is 4.33. The first kappa shape index (κ1) is 13.5. The highest BCUT2D eigenvalue weighted by Gasteiger charge is 2.20. The Morgan fingerprint density at radius 3 is 1.81 bits per heavy atom. The van der Waals surface area contributed by atoms with Gasteiger partial charge in [0.25, 0.3) is 15.7 Å². The smallest absolute Gasteiger partial charge is 0.254 e. The molecule has 0 fully saturated rings. The minimum atomic E-state index is -0.953. The maximum Gasteiger partial charge on any atom is 0.254 e. The van der Waals surface area contributed by atoms with Gasteiger partial charge >= 0.3 is 0 Å². The molecule has 16 heavy (non-hydrogen) atoms. The van der Waals surface area contributed by atoms with Gasteiger partial charge in [-0.25, -0.2) is 0 Å². The van der Waals surface area contributed by atoms with E-state index in [9.17, 15) is 14.4 Å². The minimum Gasteiger partial charge on any atom is -0.276 e. The number of hydrogen-bond donors (Lipinski definition) is 0. The molecule has 0 amide bonds. The molecule has 0 aromatic heterocycles. The van der Waals surface area contributed by atoms with Crippen molar-refractivity contribution in [2.24, 2.45) is 0 Å². The summed E-state index contributed by atoms with van der Waals surface area (Å²) in [5.74, 6) is 0. The summed E-state index contributed by atoms with van der Waals surface area (Å²) in [6.07, 6.45) is 0. The molecule has 0 saturated carbocycles. The van der Waals surface area contributed by atoms with Gasteiger partial charge in [0.2, 0.25) is 0 Å². The normalized spacial score (nSPS) is 10.0. The van der Waals surface area contributed by atoms with Gasteiger partial charge in [-0.15, -0.1) is 0 Å². The molecule has 1 aromatic rings. The van der Waals surface area contributed by atoms with Crippen molar-refractivity contribution < 1.29 is 14.4 Å². The second-order valence-corrected chi connectivity index (χ2v) is 4.14. The molecule has 1 rings (SSSR count). The van der Waals surface area contributed by atoms with Gasteiger partial charge in [0.05, 0.1) is 10.6 Å². The van der Waals surface area contributed by atoms with Crippen LogP contribution in [0.25, 0.3) is 0 Å². The molecular formula is C9H2Cl4O3. The SMILES string of the molecule is O=C(Cl)c1cc(Cl)c(C(=O)Cl)c(C(=O)Cl)c1. The van der Waals surface area contributed by atoms with Crippen molar-refractivity contribution in [2.75, 3.05) is 0 Å². The Morgan fingerprint density at radius 2 is 1.44 bits per heavy atom. The average molecular weight is 300 g/mol. The van der Waals surface area contributed by atoms with E-state index in [1.807, 2.05) is 0 Å². The Bertz CT molecular complexity index is 496. The molecule has 0 aliphatic heterocycles. The van der Waals surface area contributed by atoms with Crippen molar-refractivity contribution in [3.8, 4) is 0 Å². The minimum absolute atomic E-state index is 0.0441. The van der Waals surface area contributed by atoms with E-state index in [0.29, 0.717) is 0 Å². The maximum atomic E-state index is 11.0. The second-order valence-electron chi connectivity index (χ2n) is 2.70. The van der Waals surface area contributed by atoms with Crippen LogP contribution in [0.3, 0.4) is 0 Å². The lowest BCUT2D eigenvalue weighted by Crippen LogP contribution is -2.04. The lowest BCUT2D eigenvalue weighted by Gasteiger charge is -2.05. The van der Waals surface area contributed by atoms with Crippen LogP contribution in [-0.2, 0) is 0 Å². The summed E-state index contributed by atoms with van der Waals surface area (Å²) in [4.78, 5) is 33.0. The topological polar surface area (TPSA) is 51.2 Å². The second kappa shape index (κ2) is 5.15. The van der Waals surface area contributed by atoms with Gasteiger partial charge in [0, 0.05) is 11.1 Å². The standard InChI is InChI=1S/C9H2Cl4O3/c10-5-2-3(7(11)14)1-4(8(12)15)6(5)9(13)16/h1-2H. The zero-order chi connectivity index (χ0) is 12.5. The zero-order valence-electron chi connectivity index (χ0n) is 7.39. The average Bonchev–Trinajstić information content (AvgIpc) is 2.15. The molecule has 0 radical (unpaired) electrons. The van der Waals surface area contributed by atoms with Gasteiger partial charge in [-0.05, 0) is 46.9 Å². The molecule has 0 N–H and O–H groups in total. The van der Waals surface area contributed by atoms with Gasteiger partial charge in [-0.3, -0.25) is 14.4 Å². The first-order valence-corrected chi connectivity index (χ1v) is 5.28. The van der Waals surface area contributed by atoms with Crippen LogP contribution in [0.2, 0.25) is 5.02 Å². The Hall–Kier alpha value is -0.610. The van der Waals surface area contributed by atoms with Gasteiger partial charge in [0.15, 0.2) is 0 Å². The number of hydrogen-bond acceptors (Lipinski definition) is 3. The molecule has 7 heteroatoms. The molecule has 0 saturated heterocycles. The molecular weight excluding hydrogens is 298 g/mol. The van der Waals surface area contributed by atoms with E-state index in [1.54, 1.807) is 0 Å². The number of carbonyl (C=O) groups is 3. The highest BCUT2D eigenvalue weighted by atomic mass is 35.5. The van der Waals surface area contributed by atoms with Crippen LogP contribution in [0.1, 0.15) is 31.1 Å². The fourth-order valence-electron chi connectivity index (χ4n) is 1.07. The molecule has 0 aliphatic carbocycles. The van der Waals surface area contributed by atoms with Crippen LogP contribution >= 0.6 is 46.4 Å². The highest BCUT2D eigenvalue weighted by Crippen LogP contribution is 2.26. The van der Waals surface area contributed by atoms with Crippen molar-refractivity contribution in [3.05, 3.63) is 33.8 Å². The summed E-state index contributed by atoms with van der Waals surface area (Å²) in [6.45, 7) is 0. The van der Waals surface area contributed by atoms with E-state index < -0.39 is 15.7 Å². The maximum absolute atomic E-state index is 11.0. The van der Waals surface area contributed by atoms with Crippen LogP contribution in [0.5, 0.6) is 0 Å². The molecule has 3 nitrogen and oxygen atoms in total. The third-order valence-electron chi connectivity index (χ3n) is 1.73. The van der Waals surface area contributed by atoms with E-state index >= 15 is 0 Å². The van der Waals surface area contributed by atoms with Gasteiger partial charge < -0.3 is 0 Å². The van der Waals surface area contributed by atoms with Crippen molar-refractivity contribution in [3.63, 3.8) is 0 Å². The Morgan fingerprint density at radius 1 is 0.875 bits per heavy atom. The predicted molar refractivity (Wildman–Crippen MR) is 62.0 cm³/mol. The monoisotopic (exact) mass is 298 g/mol. The highest BCUT2D eigenvalue weighted by molar-refractivity contribution is 6.73. The molecule has 0 unspecified atom stereocenters. The quantitative estimate of drug-likeness (QED) is 0.803. The lowest BCUT2D eigenvalue weighted by atomic mass is 10.1. The van der Waals surface area contributed by atoms with Gasteiger partial charge in [-0.1, -0.05) is 11.6 Å². The summed E-state index contributed by atoms with van der Waals surface area (Å²) in [6, 6.07) is 2.20. The van der Waals surface area contributed by atoms with Gasteiger partial charge in [0.1, 0.15) is 0 Å². The van der Waals surface area contributed by atoms with Crippen molar-refractivity contribution in [1.29, 1.82) is 0 Å². The molecule has 0 atom stereocenters. The fraction of sp³-hybridized carbons (Fsp3) is 0. The third-order valence-corrected chi connectivity index (χ3v) is 2.63. The first-order chi connectivity index (χ1) is 7.34. The summed E-state index contributed by atoms with van der Waals surface area (Å²) >= 11 is 21.4. The van der Waals surface area contributed by atoms with Crippen LogP contribution in [0, 0.1) is 0 Å². The van der Waals surface area contributed by atoms with Crippen LogP contribution in [-0.4, -0.2) is 15.7 Å². The first-order valence-electron chi connectivity index (χ1n) is 3.77. The summed E-state index contributed by atoms with van der Waals surface area (Å²) in [7, 11) is 0. The van der Waals surface area contributed by atoms with Crippen LogP contribution in [0.4, 0.5) is 0 Å². The van der Waals surface area contributed by atoms with Crippen LogP contribution < -0.4 is 0 Å². The Balaban J connectivity index is 3.58. The summed E-state index contributed by atoms with van der Waals surface area (Å²) in [5.41, 5.74) is -0.541. The third kappa shape index (κ3) is 2.74.